The maximum absolute atomic E-state index is 13.2. The molecule has 0 spiro atoms. The number of carbonyl (C=O) groups is 4. The van der Waals surface area contributed by atoms with E-state index >= 15 is 0 Å². The van der Waals surface area contributed by atoms with E-state index in [-0.39, 0.29) is 38.0 Å². The van der Waals surface area contributed by atoms with Crippen molar-refractivity contribution in [3.05, 3.63) is 60.2 Å². The summed E-state index contributed by atoms with van der Waals surface area (Å²) >= 11 is 0. The summed E-state index contributed by atoms with van der Waals surface area (Å²) in [7, 11) is 0. The fourth-order valence-corrected chi connectivity index (χ4v) is 4.52. The first-order chi connectivity index (χ1) is 18.8. The smallest absolute Gasteiger partial charge is 0.326 e. The highest BCUT2D eigenvalue weighted by molar-refractivity contribution is 5.84. The number of aliphatic carboxylic acids is 2. The highest BCUT2D eigenvalue weighted by atomic mass is 16.4. The number of urea groups is 1. The van der Waals surface area contributed by atoms with Gasteiger partial charge >= 0.3 is 18.0 Å². The summed E-state index contributed by atoms with van der Waals surface area (Å²) in [5.41, 5.74) is 2.79. The Morgan fingerprint density at radius 1 is 1.00 bits per heavy atom. The largest absolute Gasteiger partial charge is 0.481 e. The van der Waals surface area contributed by atoms with Crippen molar-refractivity contribution in [2.24, 2.45) is 5.92 Å². The molecule has 210 valence electrons. The van der Waals surface area contributed by atoms with E-state index < -0.39 is 29.9 Å². The molecule has 1 heterocycles. The van der Waals surface area contributed by atoms with Gasteiger partial charge in [0, 0.05) is 26.1 Å². The Bertz CT molecular complexity index is 1100. The summed E-state index contributed by atoms with van der Waals surface area (Å²) in [6, 6.07) is 15.1. The van der Waals surface area contributed by atoms with Crippen LogP contribution in [0.25, 0.3) is 11.1 Å². The molecule has 3 atom stereocenters. The Morgan fingerprint density at radius 2 is 1.69 bits per heavy atom. The van der Waals surface area contributed by atoms with Gasteiger partial charge in [-0.3, -0.25) is 9.59 Å². The molecule has 1 saturated heterocycles. The van der Waals surface area contributed by atoms with Gasteiger partial charge in [-0.05, 0) is 42.5 Å². The number of hydrogen-bond acceptors (Lipinski definition) is 5. The molecule has 1 fully saturated rings. The van der Waals surface area contributed by atoms with Crippen molar-refractivity contribution >= 4 is 23.9 Å². The van der Waals surface area contributed by atoms with Crippen LogP contribution in [0.1, 0.15) is 38.2 Å². The average molecular weight is 539 g/mol. The van der Waals surface area contributed by atoms with E-state index in [2.05, 4.69) is 16.0 Å². The molecule has 0 aliphatic carbocycles. The molecule has 10 heteroatoms. The Kier molecular flexibility index (Phi) is 11.3. The molecular formula is C29H38N4O6. The van der Waals surface area contributed by atoms with Crippen LogP contribution in [0.15, 0.2) is 54.6 Å². The van der Waals surface area contributed by atoms with Gasteiger partial charge in [0.1, 0.15) is 6.04 Å². The van der Waals surface area contributed by atoms with Gasteiger partial charge in [-0.25, -0.2) is 9.59 Å². The van der Waals surface area contributed by atoms with Crippen LogP contribution >= 0.6 is 0 Å². The molecule has 1 aliphatic rings. The number of unbranched alkanes of at least 4 members (excludes halogenated alkanes) is 1. The van der Waals surface area contributed by atoms with Gasteiger partial charge in [-0.1, -0.05) is 67.9 Å². The summed E-state index contributed by atoms with van der Waals surface area (Å²) in [6.45, 7) is 2.67. The average Bonchev–Trinajstić information content (AvgIpc) is 3.48. The van der Waals surface area contributed by atoms with Crippen LogP contribution in [-0.2, 0) is 20.8 Å². The van der Waals surface area contributed by atoms with Gasteiger partial charge < -0.3 is 31.1 Å². The number of amides is 3. The van der Waals surface area contributed by atoms with Crippen molar-refractivity contribution in [1.82, 2.24) is 20.9 Å². The lowest BCUT2D eigenvalue weighted by Crippen LogP contribution is -2.52. The van der Waals surface area contributed by atoms with E-state index in [9.17, 15) is 29.4 Å². The molecule has 2 aromatic carbocycles. The lowest BCUT2D eigenvalue weighted by molar-refractivity contribution is -0.142. The molecule has 3 amide bonds. The summed E-state index contributed by atoms with van der Waals surface area (Å²) in [5, 5.41) is 27.9. The van der Waals surface area contributed by atoms with Crippen molar-refractivity contribution in [3.63, 3.8) is 0 Å². The Balaban J connectivity index is 1.64. The first kappa shape index (κ1) is 29.6. The number of nitrogens with zero attached hydrogens (tertiary/aromatic N) is 1. The van der Waals surface area contributed by atoms with Gasteiger partial charge in [0.25, 0.3) is 0 Å². The van der Waals surface area contributed by atoms with Crippen LogP contribution < -0.4 is 16.0 Å². The molecule has 0 bridgehead atoms. The summed E-state index contributed by atoms with van der Waals surface area (Å²) in [4.78, 5) is 50.8. The van der Waals surface area contributed by atoms with Crippen LogP contribution in [0.4, 0.5) is 4.79 Å². The van der Waals surface area contributed by atoms with Crippen molar-refractivity contribution in [2.45, 2.75) is 51.1 Å². The molecule has 39 heavy (non-hydrogen) atoms. The molecule has 0 saturated carbocycles. The van der Waals surface area contributed by atoms with E-state index in [1.54, 1.807) is 0 Å². The van der Waals surface area contributed by atoms with Crippen LogP contribution in [0.5, 0.6) is 0 Å². The normalized spacial score (nSPS) is 16.2. The highest BCUT2D eigenvalue weighted by Gasteiger charge is 2.29. The van der Waals surface area contributed by atoms with Gasteiger partial charge in [0.05, 0.1) is 12.0 Å². The number of carboxylic acids is 2. The third-order valence-corrected chi connectivity index (χ3v) is 6.85. The predicted octanol–water partition coefficient (Wildman–Crippen LogP) is 2.73. The Hall–Kier alpha value is -3.92. The monoisotopic (exact) mass is 538 g/mol. The lowest BCUT2D eigenvalue weighted by atomic mass is 10.0. The number of carboxylic acid groups (broad SMARTS) is 2. The van der Waals surface area contributed by atoms with Crippen LogP contribution in [0.3, 0.4) is 0 Å². The van der Waals surface area contributed by atoms with Gasteiger partial charge in [-0.15, -0.1) is 0 Å². The quantitative estimate of drug-likeness (QED) is 0.248. The summed E-state index contributed by atoms with van der Waals surface area (Å²) in [5.74, 6) is -3.62. The molecule has 3 rings (SSSR count). The van der Waals surface area contributed by atoms with E-state index in [1.165, 1.54) is 4.90 Å². The maximum Gasteiger partial charge on any atom is 0.326 e. The summed E-state index contributed by atoms with van der Waals surface area (Å²) in [6.07, 6.45) is 3.04. The topological polar surface area (TPSA) is 148 Å². The minimum Gasteiger partial charge on any atom is -0.481 e. The van der Waals surface area contributed by atoms with E-state index in [0.29, 0.717) is 12.8 Å². The first-order valence-electron chi connectivity index (χ1n) is 13.4. The van der Waals surface area contributed by atoms with Crippen molar-refractivity contribution in [2.75, 3.05) is 26.2 Å². The standard InChI is InChI=1S/C29H38N4O6/c1-2-3-16-33(19-23(27(35)36)18-31-26(34)24-10-7-15-30-24)29(39)32-25(28(37)38)17-20-11-13-22(14-12-20)21-8-5-4-6-9-21/h4-6,8-9,11-14,23-25,30H,2-3,7,10,15-19H2,1H3,(H,31,34)(H,32,39)(H,35,36)(H,37,38)/t23-,24-,25-/m0/s1. The van der Waals surface area contributed by atoms with Gasteiger partial charge in [-0.2, -0.15) is 0 Å². The molecule has 5 N–H and O–H groups in total. The first-order valence-corrected chi connectivity index (χ1v) is 13.4. The highest BCUT2D eigenvalue weighted by Crippen LogP contribution is 2.20. The van der Waals surface area contributed by atoms with Crippen molar-refractivity contribution < 1.29 is 29.4 Å². The molecule has 0 radical (unpaired) electrons. The van der Waals surface area contributed by atoms with Crippen LogP contribution in [-0.4, -0.2) is 77.3 Å². The molecule has 0 unspecified atom stereocenters. The third kappa shape index (κ3) is 9.10. The second kappa shape index (κ2) is 14.9. The molecule has 1 aliphatic heterocycles. The zero-order valence-electron chi connectivity index (χ0n) is 22.3. The number of carbonyl (C=O) groups excluding carboxylic acids is 2. The van der Waals surface area contributed by atoms with Gasteiger partial charge in [0.15, 0.2) is 0 Å². The molecular weight excluding hydrogens is 500 g/mol. The summed E-state index contributed by atoms with van der Waals surface area (Å²) < 4.78 is 0. The minimum atomic E-state index is -1.19. The molecule has 2 aromatic rings. The van der Waals surface area contributed by atoms with E-state index in [0.717, 1.165) is 36.1 Å². The van der Waals surface area contributed by atoms with Gasteiger partial charge in [0.2, 0.25) is 5.91 Å². The van der Waals surface area contributed by atoms with Crippen LogP contribution in [0, 0.1) is 5.92 Å². The zero-order valence-corrected chi connectivity index (χ0v) is 22.3. The second-order valence-corrected chi connectivity index (χ2v) is 9.84. The zero-order chi connectivity index (χ0) is 28.2. The molecule has 10 nitrogen and oxygen atoms in total. The van der Waals surface area contributed by atoms with Crippen LogP contribution in [0.2, 0.25) is 0 Å². The van der Waals surface area contributed by atoms with Crippen molar-refractivity contribution in [3.8, 4) is 11.1 Å². The minimum absolute atomic E-state index is 0.0740. The van der Waals surface area contributed by atoms with E-state index in [4.69, 9.17) is 0 Å². The Labute approximate surface area is 228 Å². The lowest BCUT2D eigenvalue weighted by Gasteiger charge is -2.28. The number of rotatable bonds is 14. The number of nitrogens with one attached hydrogen (secondary N) is 3. The fourth-order valence-electron chi connectivity index (χ4n) is 4.52. The Morgan fingerprint density at radius 3 is 2.28 bits per heavy atom. The number of hydrogen-bond donors (Lipinski definition) is 5. The maximum atomic E-state index is 13.2. The fraction of sp³-hybridized carbons (Fsp3) is 0.448. The SMILES string of the molecule is CCCCN(C[C@H](CNC(=O)[C@@H]1CCCN1)C(=O)O)C(=O)N[C@@H](Cc1ccc(-c2ccccc2)cc1)C(=O)O. The predicted molar refractivity (Wildman–Crippen MR) is 147 cm³/mol. The van der Waals surface area contributed by atoms with Crippen molar-refractivity contribution in [1.29, 1.82) is 0 Å². The number of benzene rings is 2. The third-order valence-electron chi connectivity index (χ3n) is 6.85. The second-order valence-electron chi connectivity index (χ2n) is 9.84. The molecule has 0 aromatic heterocycles. The van der Waals surface area contributed by atoms with E-state index in [1.807, 2.05) is 61.5 Å².